The molecule has 0 saturated carbocycles. The van der Waals surface area contributed by atoms with Crippen LogP contribution in [0.1, 0.15) is 0 Å². The van der Waals surface area contributed by atoms with Crippen molar-refractivity contribution in [1.29, 1.82) is 0 Å². The van der Waals surface area contributed by atoms with Crippen molar-refractivity contribution >= 4 is 23.0 Å². The monoisotopic (exact) mass is 329 g/mol. The van der Waals surface area contributed by atoms with Crippen LogP contribution in [0.15, 0.2) is 72.8 Å². The Morgan fingerprint density at radius 3 is 2.32 bits per heavy atom. The predicted octanol–water partition coefficient (Wildman–Crippen LogP) is 4.21. The van der Waals surface area contributed by atoms with Gasteiger partial charge in [0.15, 0.2) is 5.65 Å². The summed E-state index contributed by atoms with van der Waals surface area (Å²) in [7, 11) is 4.05. The van der Waals surface area contributed by atoms with Gasteiger partial charge in [-0.2, -0.15) is 4.98 Å². The molecule has 0 spiro atoms. The van der Waals surface area contributed by atoms with E-state index in [1.165, 1.54) is 0 Å². The van der Waals surface area contributed by atoms with Crippen LogP contribution in [-0.4, -0.2) is 28.7 Å². The smallest absolute Gasteiger partial charge is 0.247 e. The molecule has 0 bridgehead atoms. The molecule has 2 heterocycles. The summed E-state index contributed by atoms with van der Waals surface area (Å²) < 4.78 is 1.87. The minimum atomic E-state index is 0.584. The summed E-state index contributed by atoms with van der Waals surface area (Å²) in [5.41, 5.74) is 5.05. The number of nitrogens with one attached hydrogen (secondary N) is 1. The minimum absolute atomic E-state index is 0.584. The highest BCUT2D eigenvalue weighted by atomic mass is 15.4. The van der Waals surface area contributed by atoms with Crippen molar-refractivity contribution in [2.24, 2.45) is 0 Å². The van der Waals surface area contributed by atoms with E-state index in [9.17, 15) is 0 Å². The van der Waals surface area contributed by atoms with E-state index in [0.717, 1.165) is 28.3 Å². The van der Waals surface area contributed by atoms with E-state index < -0.39 is 0 Å². The number of anilines is 3. The van der Waals surface area contributed by atoms with Crippen molar-refractivity contribution in [2.45, 2.75) is 0 Å². The van der Waals surface area contributed by atoms with Gasteiger partial charge in [-0.05, 0) is 36.4 Å². The van der Waals surface area contributed by atoms with Crippen LogP contribution in [0.4, 0.5) is 17.3 Å². The van der Waals surface area contributed by atoms with Gasteiger partial charge in [-0.1, -0.05) is 36.4 Å². The number of benzene rings is 2. The number of fused-ring (bicyclic) bond motifs is 1. The highest BCUT2D eigenvalue weighted by Gasteiger charge is 2.09. The molecule has 0 fully saturated rings. The first-order valence-corrected chi connectivity index (χ1v) is 8.16. The summed E-state index contributed by atoms with van der Waals surface area (Å²) in [5.74, 6) is 0.584. The number of hydrogen-bond acceptors (Lipinski definition) is 4. The van der Waals surface area contributed by atoms with Gasteiger partial charge in [0, 0.05) is 31.0 Å². The Hall–Kier alpha value is -3.34. The molecule has 4 rings (SSSR count). The van der Waals surface area contributed by atoms with Gasteiger partial charge in [0.2, 0.25) is 5.95 Å². The van der Waals surface area contributed by atoms with E-state index in [4.69, 9.17) is 0 Å². The Labute approximate surface area is 146 Å². The fourth-order valence-corrected chi connectivity index (χ4v) is 2.76. The second-order valence-corrected chi connectivity index (χ2v) is 6.05. The molecule has 5 nitrogen and oxygen atoms in total. The maximum atomic E-state index is 4.63. The molecule has 0 aliphatic carbocycles. The van der Waals surface area contributed by atoms with Gasteiger partial charge in [-0.3, -0.25) is 0 Å². The lowest BCUT2D eigenvalue weighted by Crippen LogP contribution is -2.08. The molecule has 0 amide bonds. The van der Waals surface area contributed by atoms with Gasteiger partial charge >= 0.3 is 0 Å². The summed E-state index contributed by atoms with van der Waals surface area (Å²) in [4.78, 5) is 6.65. The van der Waals surface area contributed by atoms with E-state index in [1.807, 2.05) is 67.1 Å². The fourth-order valence-electron chi connectivity index (χ4n) is 2.76. The molecule has 2 aromatic heterocycles. The Morgan fingerprint density at radius 2 is 1.60 bits per heavy atom. The first-order valence-electron chi connectivity index (χ1n) is 8.16. The maximum Gasteiger partial charge on any atom is 0.247 e. The van der Waals surface area contributed by atoms with E-state index >= 15 is 0 Å². The van der Waals surface area contributed by atoms with Gasteiger partial charge in [0.25, 0.3) is 0 Å². The highest BCUT2D eigenvalue weighted by molar-refractivity contribution is 5.65. The van der Waals surface area contributed by atoms with Crippen molar-refractivity contribution in [3.8, 4) is 11.3 Å². The van der Waals surface area contributed by atoms with Crippen LogP contribution in [0.2, 0.25) is 0 Å². The van der Waals surface area contributed by atoms with Gasteiger partial charge < -0.3 is 10.2 Å². The van der Waals surface area contributed by atoms with E-state index in [2.05, 4.69) is 44.6 Å². The lowest BCUT2D eigenvalue weighted by molar-refractivity contribution is 0.973. The molecule has 124 valence electrons. The van der Waals surface area contributed by atoms with Crippen LogP contribution in [0.5, 0.6) is 0 Å². The zero-order valence-corrected chi connectivity index (χ0v) is 14.2. The molecule has 0 saturated heterocycles. The fraction of sp³-hybridized carbons (Fsp3) is 0.100. The van der Waals surface area contributed by atoms with Gasteiger partial charge in [0.05, 0.1) is 5.69 Å². The molecule has 0 aliphatic rings. The van der Waals surface area contributed by atoms with Crippen molar-refractivity contribution < 1.29 is 0 Å². The molecule has 2 aromatic carbocycles. The highest BCUT2D eigenvalue weighted by Crippen LogP contribution is 2.22. The van der Waals surface area contributed by atoms with Crippen molar-refractivity contribution in [2.75, 3.05) is 24.3 Å². The van der Waals surface area contributed by atoms with Crippen LogP contribution in [0, 0.1) is 0 Å². The first kappa shape index (κ1) is 15.2. The Bertz CT molecular complexity index is 988. The molecule has 0 unspecified atom stereocenters. The molecule has 0 atom stereocenters. The maximum absolute atomic E-state index is 4.63. The third-order valence-corrected chi connectivity index (χ3v) is 4.07. The molecule has 25 heavy (non-hydrogen) atoms. The number of aromatic nitrogens is 3. The van der Waals surface area contributed by atoms with Crippen molar-refractivity contribution in [3.63, 3.8) is 0 Å². The third-order valence-electron chi connectivity index (χ3n) is 4.07. The normalized spacial score (nSPS) is 10.8. The number of hydrogen-bond donors (Lipinski definition) is 1. The average molecular weight is 329 g/mol. The number of nitrogens with zero attached hydrogens (tertiary/aromatic N) is 4. The molecule has 4 aromatic rings. The zero-order chi connectivity index (χ0) is 17.2. The third kappa shape index (κ3) is 3.04. The summed E-state index contributed by atoms with van der Waals surface area (Å²) in [6.45, 7) is 0. The lowest BCUT2D eigenvalue weighted by Gasteiger charge is -2.12. The van der Waals surface area contributed by atoms with E-state index in [0.29, 0.717) is 5.95 Å². The van der Waals surface area contributed by atoms with Crippen LogP contribution < -0.4 is 10.2 Å². The average Bonchev–Trinajstić information content (AvgIpc) is 3.05. The second kappa shape index (κ2) is 6.28. The molecular weight excluding hydrogens is 310 g/mol. The van der Waals surface area contributed by atoms with Crippen LogP contribution in [0.25, 0.3) is 16.9 Å². The van der Waals surface area contributed by atoms with Gasteiger partial charge in [-0.15, -0.1) is 5.10 Å². The standard InChI is InChI=1S/C20H19N5/c1-24(2)17-13-11-16(12-14-17)21-20-22-19-10-6-9-18(25(19)23-20)15-7-4-3-5-8-15/h3-14H,1-2H3,(H,21,23). The Morgan fingerprint density at radius 1 is 0.840 bits per heavy atom. The van der Waals surface area contributed by atoms with Gasteiger partial charge in [0.1, 0.15) is 0 Å². The van der Waals surface area contributed by atoms with Crippen LogP contribution >= 0.6 is 0 Å². The van der Waals surface area contributed by atoms with Crippen LogP contribution in [0.3, 0.4) is 0 Å². The zero-order valence-electron chi connectivity index (χ0n) is 14.2. The van der Waals surface area contributed by atoms with Gasteiger partial charge in [-0.25, -0.2) is 4.52 Å². The topological polar surface area (TPSA) is 45.5 Å². The summed E-state index contributed by atoms with van der Waals surface area (Å²) >= 11 is 0. The largest absolute Gasteiger partial charge is 0.378 e. The predicted molar refractivity (Wildman–Crippen MR) is 102 cm³/mol. The number of rotatable bonds is 4. The molecule has 5 heteroatoms. The molecule has 1 N–H and O–H groups in total. The molecule has 0 aliphatic heterocycles. The van der Waals surface area contributed by atoms with Crippen molar-refractivity contribution in [3.05, 3.63) is 72.8 Å². The molecule has 0 radical (unpaired) electrons. The SMILES string of the molecule is CN(C)c1ccc(Nc2nc3cccc(-c4ccccc4)n3n2)cc1. The quantitative estimate of drug-likeness (QED) is 0.609. The van der Waals surface area contributed by atoms with E-state index in [1.54, 1.807) is 0 Å². The van der Waals surface area contributed by atoms with Crippen molar-refractivity contribution in [1.82, 2.24) is 14.6 Å². The Balaban J connectivity index is 1.67. The molecular formula is C20H19N5. The number of pyridine rings is 1. The first-order chi connectivity index (χ1) is 12.2. The van der Waals surface area contributed by atoms with Crippen LogP contribution in [-0.2, 0) is 0 Å². The summed E-state index contributed by atoms with van der Waals surface area (Å²) in [5, 5.41) is 7.90. The summed E-state index contributed by atoms with van der Waals surface area (Å²) in [6, 6.07) is 24.4. The summed E-state index contributed by atoms with van der Waals surface area (Å²) in [6.07, 6.45) is 0. The lowest BCUT2D eigenvalue weighted by atomic mass is 10.1. The second-order valence-electron chi connectivity index (χ2n) is 6.05. The van der Waals surface area contributed by atoms with E-state index in [-0.39, 0.29) is 0 Å². The Kier molecular flexibility index (Phi) is 3.82. The minimum Gasteiger partial charge on any atom is -0.378 e.